The van der Waals surface area contributed by atoms with Crippen molar-refractivity contribution in [1.29, 1.82) is 0 Å². The normalized spacial score (nSPS) is 12.2. The number of nitrogens with one attached hydrogen (secondary N) is 2. The average molecular weight is 1220 g/mol. The van der Waals surface area contributed by atoms with Gasteiger partial charge in [-0.25, -0.2) is 9.97 Å². The van der Waals surface area contributed by atoms with Crippen LogP contribution in [0.1, 0.15) is 0 Å². The molecule has 6 aromatic heterocycles. The fraction of sp³-hybridized carbons (Fsp3) is 0. The molecule has 0 fully saturated rings. The van der Waals surface area contributed by atoms with Crippen molar-refractivity contribution >= 4 is 130 Å². The molecular weight excluding hydrogens is 1170 g/mol. The summed E-state index contributed by atoms with van der Waals surface area (Å²) in [7, 11) is 0. The first-order valence-electron chi connectivity index (χ1n) is 32.5. The van der Waals surface area contributed by atoms with Crippen LogP contribution in [0.2, 0.25) is 0 Å². The maximum atomic E-state index is 6.35. The number of fused-ring (bicyclic) bond motifs is 8. The van der Waals surface area contributed by atoms with Crippen LogP contribution in [0.3, 0.4) is 0 Å². The Morgan fingerprint density at radius 3 is 0.656 bits per heavy atom. The minimum atomic E-state index is 0.839. The molecule has 0 amide bonds. The van der Waals surface area contributed by atoms with E-state index in [4.69, 9.17) is 29.9 Å². The number of H-pyrrole nitrogens is 2. The van der Waals surface area contributed by atoms with E-state index in [-0.39, 0.29) is 0 Å². The first-order chi connectivity index (χ1) is 47.5. The van der Waals surface area contributed by atoms with Gasteiger partial charge in [-0.2, -0.15) is 0 Å². The predicted octanol–water partition coefficient (Wildman–Crippen LogP) is 22.8. The molecule has 2 N–H and O–H groups in total. The van der Waals surface area contributed by atoms with Gasteiger partial charge in [-0.05, 0) is 187 Å². The molecule has 3 aliphatic rings. The number of aromatic nitrogens is 8. The number of nitrogens with zero attached hydrogens (tertiary/aromatic N) is 6. The van der Waals surface area contributed by atoms with Gasteiger partial charge >= 0.3 is 0 Å². The minimum absolute atomic E-state index is 0.839. The van der Waals surface area contributed by atoms with Crippen LogP contribution in [-0.2, 0) is 0 Å². The number of hydrogen-bond donors (Lipinski definition) is 2. The maximum absolute atomic E-state index is 6.35. The fourth-order valence-corrected chi connectivity index (χ4v) is 15.6. The highest BCUT2D eigenvalue weighted by Crippen LogP contribution is 2.54. The Labute approximate surface area is 548 Å². The SMILES string of the molecule is c1ccc2cc3c(cc2c1)-c1nc-3c(-c2ccc3ncccc3c2)c2[nH]c(c(-c3ccc4ncccc4c3)c3nc(c(-c4ccc5ncccc5c4)c4[nH]c(c1-c1ccc5ncccc5c1)c1cc5ccccc5cc41)-c1cc4ccccc4cc1-3)c1cc3ccccc3cc21. The minimum Gasteiger partial charge on any atom is -0.353 e. The molecule has 8 heterocycles. The highest BCUT2D eigenvalue weighted by molar-refractivity contribution is 6.25. The summed E-state index contributed by atoms with van der Waals surface area (Å²) < 4.78 is 0. The zero-order valence-corrected chi connectivity index (χ0v) is 51.4. The van der Waals surface area contributed by atoms with Crippen LogP contribution >= 0.6 is 0 Å². The molecule has 96 heavy (non-hydrogen) atoms. The second kappa shape index (κ2) is 20.2. The molecule has 2 aliphatic heterocycles. The van der Waals surface area contributed by atoms with E-state index in [9.17, 15) is 0 Å². The van der Waals surface area contributed by atoms with Crippen LogP contribution in [0.4, 0.5) is 0 Å². The van der Waals surface area contributed by atoms with Crippen molar-refractivity contribution in [2.75, 3.05) is 0 Å². The second-order valence-electron chi connectivity index (χ2n) is 25.5. The molecule has 1 aliphatic carbocycles. The lowest BCUT2D eigenvalue weighted by Gasteiger charge is -2.11. The Kier molecular flexibility index (Phi) is 11.1. The third kappa shape index (κ3) is 7.96. The first kappa shape index (κ1) is 52.6. The third-order valence-electron chi connectivity index (χ3n) is 20.1. The molecule has 21 rings (SSSR count). The summed E-state index contributed by atoms with van der Waals surface area (Å²) in [6, 6.07) is 97.4. The second-order valence-corrected chi connectivity index (χ2v) is 25.5. The fourth-order valence-electron chi connectivity index (χ4n) is 15.6. The van der Waals surface area contributed by atoms with Crippen molar-refractivity contribution in [3.8, 4) is 89.5 Å². The molecule has 8 bridgehead atoms. The Hall–Kier alpha value is -13.0. The summed E-state index contributed by atoms with van der Waals surface area (Å²) in [6.07, 6.45) is 7.48. The van der Waals surface area contributed by atoms with Gasteiger partial charge in [-0.3, -0.25) is 19.9 Å². The van der Waals surface area contributed by atoms with Gasteiger partial charge in [0.1, 0.15) is 0 Å². The molecular formula is C88H50N8. The quantitative estimate of drug-likeness (QED) is 0.182. The molecule has 0 atom stereocenters. The zero-order chi connectivity index (χ0) is 62.7. The Morgan fingerprint density at radius 1 is 0.198 bits per heavy atom. The van der Waals surface area contributed by atoms with Crippen molar-refractivity contribution < 1.29 is 0 Å². The summed E-state index contributed by atoms with van der Waals surface area (Å²) in [5.41, 5.74) is 22.5. The van der Waals surface area contributed by atoms with Gasteiger partial charge in [0.25, 0.3) is 0 Å². The van der Waals surface area contributed by atoms with E-state index in [1.807, 2.05) is 49.1 Å². The topological polar surface area (TPSA) is 109 Å². The lowest BCUT2D eigenvalue weighted by Crippen LogP contribution is -1.89. The van der Waals surface area contributed by atoms with Crippen LogP contribution in [0, 0.1) is 0 Å². The van der Waals surface area contributed by atoms with Crippen LogP contribution in [-0.4, -0.2) is 39.9 Å². The first-order valence-corrected chi connectivity index (χ1v) is 32.5. The highest BCUT2D eigenvalue weighted by Gasteiger charge is 2.32. The lowest BCUT2D eigenvalue weighted by molar-refractivity contribution is 1.39. The van der Waals surface area contributed by atoms with Gasteiger partial charge in [-0.1, -0.05) is 146 Å². The Bertz CT molecular complexity index is 6050. The van der Waals surface area contributed by atoms with Crippen molar-refractivity contribution in [2.24, 2.45) is 0 Å². The van der Waals surface area contributed by atoms with Gasteiger partial charge < -0.3 is 9.97 Å². The number of aromatic amines is 2. The average Bonchev–Trinajstić information content (AvgIpc) is 1.55. The van der Waals surface area contributed by atoms with Crippen LogP contribution < -0.4 is 0 Å². The van der Waals surface area contributed by atoms with Gasteiger partial charge in [0.2, 0.25) is 0 Å². The van der Waals surface area contributed by atoms with Crippen LogP contribution in [0.25, 0.3) is 220 Å². The largest absolute Gasteiger partial charge is 0.353 e. The number of benzene rings is 12. The monoisotopic (exact) mass is 1220 g/mol. The summed E-state index contributed by atoms with van der Waals surface area (Å²) >= 11 is 0. The van der Waals surface area contributed by atoms with Crippen molar-refractivity contribution in [3.63, 3.8) is 0 Å². The molecule has 442 valence electrons. The van der Waals surface area contributed by atoms with Gasteiger partial charge in [0.15, 0.2) is 0 Å². The van der Waals surface area contributed by atoms with E-state index < -0.39 is 0 Å². The van der Waals surface area contributed by atoms with E-state index in [1.165, 1.54) is 0 Å². The molecule has 0 saturated carbocycles. The molecule has 0 saturated heterocycles. The number of rotatable bonds is 4. The van der Waals surface area contributed by atoms with Crippen molar-refractivity contribution in [3.05, 3.63) is 292 Å². The van der Waals surface area contributed by atoms with Crippen LogP contribution in [0.15, 0.2) is 292 Å². The lowest BCUT2D eigenvalue weighted by atomic mass is 9.90. The standard InChI is InChI=1S/C88H50N8/c1-2-14-50-42-66-65(41-49(50)13-1)81-77(61-25-29-73-57(37-61)21-9-33-89-73)83-67-43-51-15-3-4-16-52(51)44-68(67)85(94-83)79(63-27-31-75-59(39-63)23-11-35-91-75)87-71-47-55-19-7-8-20-56(55)48-72(71)88(96-87)80(64-28-32-76-60(40-64)24-12-36-92-76)86-70-46-54-18-6-5-17-53(54)45-69(70)84(95-86)78(82(66)93-81)62-26-30-74-58(38-62)22-10-34-90-74/h1-48,93,96H. The maximum Gasteiger partial charge on any atom is 0.0816 e. The molecule has 18 aromatic rings. The molecule has 0 unspecified atom stereocenters. The van der Waals surface area contributed by atoms with Crippen molar-refractivity contribution in [1.82, 2.24) is 39.9 Å². The Morgan fingerprint density at radius 2 is 0.417 bits per heavy atom. The molecule has 8 nitrogen and oxygen atoms in total. The van der Waals surface area contributed by atoms with E-state index in [1.54, 1.807) is 0 Å². The van der Waals surface area contributed by atoms with E-state index in [0.717, 1.165) is 220 Å². The molecule has 8 heteroatoms. The van der Waals surface area contributed by atoms with Gasteiger partial charge in [0.05, 0.1) is 66.9 Å². The number of pyridine rings is 4. The van der Waals surface area contributed by atoms with Crippen molar-refractivity contribution in [2.45, 2.75) is 0 Å². The predicted molar refractivity (Wildman–Crippen MR) is 398 cm³/mol. The van der Waals surface area contributed by atoms with Gasteiger partial charge in [-0.15, -0.1) is 0 Å². The van der Waals surface area contributed by atoms with E-state index in [0.29, 0.717) is 0 Å². The zero-order valence-electron chi connectivity index (χ0n) is 51.4. The summed E-state index contributed by atoms with van der Waals surface area (Å²) in [6.45, 7) is 0. The van der Waals surface area contributed by atoms with E-state index >= 15 is 0 Å². The summed E-state index contributed by atoms with van der Waals surface area (Å²) in [5, 5.41) is 17.2. The number of hydrogen-bond acceptors (Lipinski definition) is 6. The van der Waals surface area contributed by atoms with Gasteiger partial charge in [0, 0.05) is 112 Å². The highest BCUT2D eigenvalue weighted by atomic mass is 14.8. The summed E-state index contributed by atoms with van der Waals surface area (Å²) in [5.74, 6) is 0. The van der Waals surface area contributed by atoms with E-state index in [2.05, 4.69) is 253 Å². The van der Waals surface area contributed by atoms with Crippen LogP contribution in [0.5, 0.6) is 0 Å². The molecule has 12 aromatic carbocycles. The smallest absolute Gasteiger partial charge is 0.0816 e. The molecule has 0 radical (unpaired) electrons. The summed E-state index contributed by atoms with van der Waals surface area (Å²) in [4.78, 5) is 41.0. The molecule has 0 spiro atoms. The Balaban J connectivity index is 1.09. The third-order valence-corrected chi connectivity index (χ3v) is 20.1.